The van der Waals surface area contributed by atoms with Crippen LogP contribution in [0.3, 0.4) is 0 Å². The second-order valence-electron chi connectivity index (χ2n) is 7.91. The van der Waals surface area contributed by atoms with Gasteiger partial charge in [0.2, 0.25) is 0 Å². The number of hydrogen-bond acceptors (Lipinski definition) is 2. The lowest BCUT2D eigenvalue weighted by Crippen LogP contribution is -2.41. The molecular weight excluding hydrogens is 341 g/mol. The van der Waals surface area contributed by atoms with Gasteiger partial charge < -0.3 is 9.47 Å². The minimum atomic E-state index is -0.488. The molecule has 0 saturated carbocycles. The molecule has 1 atom stereocenters. The Morgan fingerprint density at radius 3 is 1.96 bits per heavy atom. The maximum atomic E-state index is 6.70. The van der Waals surface area contributed by atoms with E-state index < -0.39 is 5.60 Å². The average molecular weight is 362 g/mol. The van der Waals surface area contributed by atoms with E-state index in [2.05, 4.69) is 89.7 Å². The van der Waals surface area contributed by atoms with Crippen LogP contribution < -0.4 is 0 Å². The smallest absolute Gasteiger partial charge is 0.400 e. The minimum Gasteiger partial charge on any atom is -0.409 e. The molecule has 0 unspecified atom stereocenters. The monoisotopic (exact) mass is 362 g/mol. The number of hydrogen-bond donors (Lipinski definition) is 0. The molecule has 2 heterocycles. The van der Waals surface area contributed by atoms with E-state index in [4.69, 9.17) is 4.65 Å². The number of rotatable bonds is 2. The Balaban J connectivity index is 1.72. The third-order valence-electron chi connectivity index (χ3n) is 6.52. The molecule has 0 spiro atoms. The van der Waals surface area contributed by atoms with Crippen LogP contribution in [-0.4, -0.2) is 25.0 Å². The van der Waals surface area contributed by atoms with Crippen molar-refractivity contribution in [1.82, 2.24) is 4.81 Å². The predicted octanol–water partition coefficient (Wildman–Crippen LogP) is 5.27. The lowest BCUT2D eigenvalue weighted by atomic mass is 9.76. The van der Waals surface area contributed by atoms with Gasteiger partial charge in [0, 0.05) is 6.04 Å². The van der Waals surface area contributed by atoms with Gasteiger partial charge in [-0.05, 0) is 52.1 Å². The van der Waals surface area contributed by atoms with E-state index in [0.717, 1.165) is 13.0 Å². The van der Waals surface area contributed by atoms with Gasteiger partial charge in [-0.3, -0.25) is 0 Å². The highest BCUT2D eigenvalue weighted by Gasteiger charge is 2.54. The van der Waals surface area contributed by atoms with Gasteiger partial charge in [0.25, 0.3) is 0 Å². The fraction of sp³-hybridized carbons (Fsp3) is 0.200. The van der Waals surface area contributed by atoms with Crippen molar-refractivity contribution in [3.8, 4) is 0 Å². The summed E-state index contributed by atoms with van der Waals surface area (Å²) in [5.41, 5.74) is 2.05. The molecule has 2 aliphatic rings. The summed E-state index contributed by atoms with van der Waals surface area (Å²) in [4.78, 5) is 2.41. The molecule has 4 aromatic carbocycles. The highest BCUT2D eigenvalue weighted by molar-refractivity contribution is 6.25. The Kier molecular flexibility index (Phi) is 3.62. The van der Waals surface area contributed by atoms with Crippen LogP contribution in [0.5, 0.6) is 0 Å². The van der Waals surface area contributed by atoms with Gasteiger partial charge in [-0.2, -0.15) is 0 Å². The Bertz CT molecular complexity index is 1100. The lowest BCUT2D eigenvalue weighted by Gasteiger charge is -2.38. The standard InChI is InChI=1S/C25H21BNO/c1-3-12-20-18(8-1)10-5-14-22(20)25(24-16-7-17-27(24)26-28-25)23-15-6-11-19-9-2-4-13-21(19)23/h1-6,8-15,24H,7,16-17H2/t24-/m0/s1. The summed E-state index contributed by atoms with van der Waals surface area (Å²) >= 11 is 0. The molecule has 0 N–H and O–H groups in total. The first-order valence-corrected chi connectivity index (χ1v) is 10.1. The zero-order valence-corrected chi connectivity index (χ0v) is 15.7. The zero-order chi connectivity index (χ0) is 18.6. The van der Waals surface area contributed by atoms with Gasteiger partial charge >= 0.3 is 7.62 Å². The van der Waals surface area contributed by atoms with Gasteiger partial charge in [-0.1, -0.05) is 84.9 Å². The molecule has 28 heavy (non-hydrogen) atoms. The zero-order valence-electron chi connectivity index (χ0n) is 15.7. The Morgan fingerprint density at radius 2 is 1.32 bits per heavy atom. The summed E-state index contributed by atoms with van der Waals surface area (Å²) in [5.74, 6) is 0. The summed E-state index contributed by atoms with van der Waals surface area (Å²) < 4.78 is 6.70. The molecule has 1 radical (unpaired) electrons. The Hall–Kier alpha value is -2.62. The van der Waals surface area contributed by atoms with E-state index in [9.17, 15) is 0 Å². The first-order chi connectivity index (χ1) is 13.9. The van der Waals surface area contributed by atoms with E-state index in [-0.39, 0.29) is 0 Å². The van der Waals surface area contributed by atoms with E-state index in [1.807, 2.05) is 7.62 Å². The first kappa shape index (κ1) is 16.3. The van der Waals surface area contributed by atoms with Crippen molar-refractivity contribution in [2.45, 2.75) is 24.5 Å². The molecule has 0 amide bonds. The molecule has 3 heteroatoms. The quantitative estimate of drug-likeness (QED) is 0.451. The topological polar surface area (TPSA) is 12.5 Å². The van der Waals surface area contributed by atoms with Gasteiger partial charge in [0.15, 0.2) is 0 Å². The summed E-state index contributed by atoms with van der Waals surface area (Å²) in [6.45, 7) is 1.07. The summed E-state index contributed by atoms with van der Waals surface area (Å²) in [6, 6.07) is 30.9. The maximum absolute atomic E-state index is 6.70. The lowest BCUT2D eigenvalue weighted by molar-refractivity contribution is 0.112. The SMILES string of the molecule is [B]1OC(c2cccc3ccccc23)(c2cccc3ccccc23)[C@@H]2CCCN12. The fourth-order valence-corrected chi connectivity index (χ4v) is 5.31. The molecule has 0 aromatic heterocycles. The maximum Gasteiger partial charge on any atom is 0.400 e. The van der Waals surface area contributed by atoms with Gasteiger partial charge in [0.1, 0.15) is 5.60 Å². The summed E-state index contributed by atoms with van der Waals surface area (Å²) in [5, 5.41) is 5.08. The van der Waals surface area contributed by atoms with Crippen LogP contribution >= 0.6 is 0 Å². The third-order valence-corrected chi connectivity index (χ3v) is 6.52. The molecule has 4 aromatic rings. The molecule has 2 saturated heterocycles. The van der Waals surface area contributed by atoms with E-state index in [0.29, 0.717) is 6.04 Å². The van der Waals surface area contributed by atoms with Crippen LogP contribution in [0.1, 0.15) is 24.0 Å². The van der Waals surface area contributed by atoms with Gasteiger partial charge in [-0.25, -0.2) is 0 Å². The number of fused-ring (bicyclic) bond motifs is 3. The van der Waals surface area contributed by atoms with Crippen LogP contribution in [0.25, 0.3) is 21.5 Å². The second kappa shape index (κ2) is 6.20. The Labute approximate surface area is 166 Å². The van der Waals surface area contributed by atoms with Crippen LogP contribution in [0, 0.1) is 0 Å². The van der Waals surface area contributed by atoms with Gasteiger partial charge in [0.05, 0.1) is 0 Å². The minimum absolute atomic E-state index is 0.323. The van der Waals surface area contributed by atoms with Crippen molar-refractivity contribution in [2.24, 2.45) is 0 Å². The van der Waals surface area contributed by atoms with Crippen molar-refractivity contribution in [3.63, 3.8) is 0 Å². The van der Waals surface area contributed by atoms with E-state index >= 15 is 0 Å². The number of benzene rings is 4. The van der Waals surface area contributed by atoms with E-state index in [1.165, 1.54) is 39.1 Å². The first-order valence-electron chi connectivity index (χ1n) is 10.1. The predicted molar refractivity (Wildman–Crippen MR) is 115 cm³/mol. The highest BCUT2D eigenvalue weighted by Crippen LogP contribution is 2.50. The highest BCUT2D eigenvalue weighted by atomic mass is 16.5. The van der Waals surface area contributed by atoms with Crippen molar-refractivity contribution < 1.29 is 4.65 Å². The van der Waals surface area contributed by atoms with Crippen molar-refractivity contribution in [1.29, 1.82) is 0 Å². The van der Waals surface area contributed by atoms with Crippen LogP contribution in [0.2, 0.25) is 0 Å². The summed E-state index contributed by atoms with van der Waals surface area (Å²) in [6.07, 6.45) is 2.35. The molecule has 2 aliphatic heterocycles. The largest absolute Gasteiger partial charge is 0.409 e. The van der Waals surface area contributed by atoms with Crippen molar-refractivity contribution in [3.05, 3.63) is 96.1 Å². The Morgan fingerprint density at radius 1 is 0.750 bits per heavy atom. The molecular formula is C25H21BNO. The second-order valence-corrected chi connectivity index (χ2v) is 7.91. The normalized spacial score (nSPS) is 21.1. The number of nitrogens with zero attached hydrogens (tertiary/aromatic N) is 1. The molecule has 6 rings (SSSR count). The van der Waals surface area contributed by atoms with Crippen molar-refractivity contribution in [2.75, 3.05) is 6.54 Å². The van der Waals surface area contributed by atoms with Crippen LogP contribution in [0.15, 0.2) is 84.9 Å². The molecule has 0 bridgehead atoms. The average Bonchev–Trinajstić information content (AvgIpc) is 3.36. The van der Waals surface area contributed by atoms with Crippen LogP contribution in [0.4, 0.5) is 0 Å². The molecule has 2 fully saturated rings. The summed E-state index contributed by atoms with van der Waals surface area (Å²) in [7, 11) is 1.99. The van der Waals surface area contributed by atoms with Crippen molar-refractivity contribution >= 4 is 29.2 Å². The third kappa shape index (κ3) is 2.18. The molecule has 0 aliphatic carbocycles. The fourth-order valence-electron chi connectivity index (χ4n) is 5.31. The molecule has 135 valence electrons. The van der Waals surface area contributed by atoms with E-state index in [1.54, 1.807) is 0 Å². The molecule has 2 nitrogen and oxygen atoms in total. The van der Waals surface area contributed by atoms with Gasteiger partial charge in [-0.15, -0.1) is 0 Å². The van der Waals surface area contributed by atoms with Crippen LogP contribution in [-0.2, 0) is 10.3 Å².